The molecule has 1 aliphatic heterocycles. The van der Waals surface area contributed by atoms with Crippen LogP contribution in [0.2, 0.25) is 0 Å². The van der Waals surface area contributed by atoms with Crippen molar-refractivity contribution in [1.82, 2.24) is 10.3 Å². The molecule has 2 aromatic carbocycles. The number of carboxylic acids is 1. The van der Waals surface area contributed by atoms with Crippen LogP contribution in [0.1, 0.15) is 80.9 Å². The van der Waals surface area contributed by atoms with Gasteiger partial charge < -0.3 is 15.2 Å². The van der Waals surface area contributed by atoms with Crippen LogP contribution in [0.25, 0.3) is 0 Å². The molecule has 2 atom stereocenters. The molecule has 0 bridgehead atoms. The number of carbonyl (C=O) groups is 3. The fraction of sp³-hybridized carbons (Fsp3) is 0.500. The molecule has 2 fully saturated rings. The van der Waals surface area contributed by atoms with Crippen LogP contribution >= 0.6 is 0 Å². The lowest BCUT2D eigenvalue weighted by Crippen LogP contribution is -2.36. The Morgan fingerprint density at radius 2 is 1.80 bits per heavy atom. The highest BCUT2D eigenvalue weighted by Crippen LogP contribution is 2.55. The number of nitrogens with one attached hydrogen (secondary N) is 1. The van der Waals surface area contributed by atoms with Crippen molar-refractivity contribution >= 4 is 23.7 Å². The second-order valence-corrected chi connectivity index (χ2v) is 11.6. The lowest BCUT2D eigenvalue weighted by atomic mass is 9.83. The molecule has 2 saturated carbocycles. The minimum Gasteiger partial charge on any atom is -0.481 e. The minimum atomic E-state index is -0.729. The second kappa shape index (κ2) is 12.2. The predicted molar refractivity (Wildman–Crippen MR) is 151 cm³/mol. The Morgan fingerprint density at radius 1 is 1.10 bits per heavy atom. The van der Waals surface area contributed by atoms with Crippen LogP contribution in [0.5, 0.6) is 0 Å². The summed E-state index contributed by atoms with van der Waals surface area (Å²) < 4.78 is 5.55. The van der Waals surface area contributed by atoms with Crippen LogP contribution in [0, 0.1) is 17.3 Å². The molecule has 2 amide bonds. The van der Waals surface area contributed by atoms with E-state index in [1.165, 1.54) is 5.01 Å². The Hall–Kier alpha value is -3.68. The van der Waals surface area contributed by atoms with E-state index in [9.17, 15) is 19.5 Å². The van der Waals surface area contributed by atoms with E-state index in [4.69, 9.17) is 4.74 Å². The monoisotopic (exact) mass is 545 g/mol. The van der Waals surface area contributed by atoms with Gasteiger partial charge in [0.2, 0.25) is 11.8 Å². The highest BCUT2D eigenvalue weighted by Gasteiger charge is 2.49. The molecule has 0 radical (unpaired) electrons. The highest BCUT2D eigenvalue weighted by molar-refractivity contribution is 5.97. The lowest BCUT2D eigenvalue weighted by molar-refractivity contribution is -0.143. The van der Waals surface area contributed by atoms with Gasteiger partial charge in [0, 0.05) is 12.1 Å². The summed E-state index contributed by atoms with van der Waals surface area (Å²) in [7, 11) is 0. The molecule has 212 valence electrons. The van der Waals surface area contributed by atoms with Crippen molar-refractivity contribution < 1.29 is 24.2 Å². The first-order chi connectivity index (χ1) is 19.4. The normalized spacial score (nSPS) is 19.9. The third-order valence-corrected chi connectivity index (χ3v) is 9.01. The summed E-state index contributed by atoms with van der Waals surface area (Å²) in [6, 6.07) is 17.5. The number of carbonyl (C=O) groups excluding carboxylic acids is 2. The van der Waals surface area contributed by atoms with Gasteiger partial charge in [-0.25, -0.2) is 5.01 Å². The van der Waals surface area contributed by atoms with Crippen molar-refractivity contribution in [3.63, 3.8) is 0 Å². The van der Waals surface area contributed by atoms with Crippen molar-refractivity contribution in [2.45, 2.75) is 70.8 Å². The average Bonchev–Trinajstić information content (AvgIpc) is 3.57. The molecule has 40 heavy (non-hydrogen) atoms. The van der Waals surface area contributed by atoms with E-state index < -0.39 is 5.97 Å². The van der Waals surface area contributed by atoms with E-state index in [0.29, 0.717) is 24.9 Å². The van der Waals surface area contributed by atoms with Gasteiger partial charge in [-0.15, -0.1) is 5.10 Å². The van der Waals surface area contributed by atoms with E-state index in [-0.39, 0.29) is 35.7 Å². The Bertz CT molecular complexity index is 1230. The first-order valence-corrected chi connectivity index (χ1v) is 14.5. The first kappa shape index (κ1) is 27.9. The molecule has 3 aliphatic rings. The molecule has 0 aromatic heterocycles. The number of rotatable bonds is 12. The van der Waals surface area contributed by atoms with Crippen LogP contribution in [-0.2, 0) is 25.7 Å². The topological polar surface area (TPSA) is 108 Å². The van der Waals surface area contributed by atoms with Crippen molar-refractivity contribution in [2.24, 2.45) is 22.4 Å². The summed E-state index contributed by atoms with van der Waals surface area (Å²) in [5.41, 5.74) is 2.66. The van der Waals surface area contributed by atoms with Crippen molar-refractivity contribution in [3.05, 3.63) is 71.3 Å². The number of ether oxygens (including phenoxy) is 1. The van der Waals surface area contributed by atoms with Gasteiger partial charge >= 0.3 is 5.97 Å². The zero-order valence-electron chi connectivity index (χ0n) is 23.2. The van der Waals surface area contributed by atoms with Gasteiger partial charge in [0.05, 0.1) is 18.4 Å². The molecule has 8 nitrogen and oxygen atoms in total. The third kappa shape index (κ3) is 6.37. The minimum absolute atomic E-state index is 0.0495. The Labute approximate surface area is 235 Å². The molecule has 2 N–H and O–H groups in total. The smallest absolute Gasteiger partial charge is 0.306 e. The molecule has 2 aliphatic carbocycles. The highest BCUT2D eigenvalue weighted by atomic mass is 16.5. The van der Waals surface area contributed by atoms with Crippen molar-refractivity contribution in [1.29, 1.82) is 0 Å². The predicted octanol–water partition coefficient (Wildman–Crippen LogP) is 5.08. The van der Waals surface area contributed by atoms with Gasteiger partial charge in [0.1, 0.15) is 0 Å². The maximum atomic E-state index is 13.4. The Balaban J connectivity index is 1.21. The number of hydrazone groups is 1. The van der Waals surface area contributed by atoms with Gasteiger partial charge in [0.15, 0.2) is 6.61 Å². The summed E-state index contributed by atoms with van der Waals surface area (Å²) in [5, 5.41) is 18.5. The van der Waals surface area contributed by atoms with Crippen LogP contribution in [0.3, 0.4) is 0 Å². The van der Waals surface area contributed by atoms with E-state index >= 15 is 0 Å². The third-order valence-electron chi connectivity index (χ3n) is 9.01. The number of aliphatic carboxylic acids is 1. The molecular weight excluding hydrogens is 506 g/mol. The molecular formula is C32H39N3O5. The largest absolute Gasteiger partial charge is 0.481 e. The fourth-order valence-corrected chi connectivity index (χ4v) is 6.26. The molecule has 2 aromatic rings. The molecule has 2 unspecified atom stereocenters. The summed E-state index contributed by atoms with van der Waals surface area (Å²) >= 11 is 0. The average molecular weight is 546 g/mol. The zero-order valence-corrected chi connectivity index (χ0v) is 23.2. The molecule has 0 saturated heterocycles. The van der Waals surface area contributed by atoms with E-state index in [2.05, 4.69) is 10.4 Å². The number of nitrogens with zero attached hydrogens (tertiary/aromatic N) is 2. The first-order valence-electron chi connectivity index (χ1n) is 14.5. The van der Waals surface area contributed by atoms with Crippen LogP contribution in [0.4, 0.5) is 0 Å². The molecule has 8 heteroatoms. The summed E-state index contributed by atoms with van der Waals surface area (Å²) in [5.74, 6) is -0.679. The lowest BCUT2D eigenvalue weighted by Gasteiger charge is -2.25. The maximum Gasteiger partial charge on any atom is 0.306 e. The maximum absolute atomic E-state index is 13.4. The number of amides is 2. The van der Waals surface area contributed by atoms with Gasteiger partial charge in [0.25, 0.3) is 5.91 Å². The van der Waals surface area contributed by atoms with E-state index in [1.807, 2.05) is 54.6 Å². The number of carboxylic acid groups (broad SMARTS) is 1. The van der Waals surface area contributed by atoms with Crippen molar-refractivity contribution in [2.75, 3.05) is 13.2 Å². The quantitative estimate of drug-likeness (QED) is 0.362. The van der Waals surface area contributed by atoms with Gasteiger partial charge in [-0.2, -0.15) is 0 Å². The van der Waals surface area contributed by atoms with Crippen LogP contribution in [0.15, 0.2) is 59.7 Å². The van der Waals surface area contributed by atoms with Gasteiger partial charge in [-0.1, -0.05) is 62.2 Å². The van der Waals surface area contributed by atoms with Crippen LogP contribution in [-0.4, -0.2) is 46.9 Å². The standard InChI is InChI=1S/C32H39N3O5/c1-22(31(38)39)32(17-18-32)16-7-19-33-29(37)28(24-8-5-6-9-24)25-14-12-23(13-15-25)20-35-27(36)21-40-30(34-35)26-10-3-2-4-11-26/h2-4,10-15,22,24,28H,5-9,16-21H2,1H3,(H,33,37)(H,38,39). The summed E-state index contributed by atoms with van der Waals surface area (Å²) in [4.78, 5) is 37.4. The number of benzene rings is 2. The molecule has 1 heterocycles. The van der Waals surface area contributed by atoms with E-state index in [0.717, 1.165) is 68.1 Å². The second-order valence-electron chi connectivity index (χ2n) is 11.6. The van der Waals surface area contributed by atoms with E-state index in [1.54, 1.807) is 6.92 Å². The summed E-state index contributed by atoms with van der Waals surface area (Å²) in [6.45, 7) is 2.65. The summed E-state index contributed by atoms with van der Waals surface area (Å²) in [6.07, 6.45) is 7.90. The zero-order chi connectivity index (χ0) is 28.1. The SMILES string of the molecule is CC(C(=O)O)C1(CCCNC(=O)C(c2ccc(CN3N=C(c4ccccc4)OCC3=O)cc2)C2CCCC2)CC1. The van der Waals surface area contributed by atoms with Crippen LogP contribution < -0.4 is 5.32 Å². The molecule has 5 rings (SSSR count). The van der Waals surface area contributed by atoms with Crippen molar-refractivity contribution in [3.8, 4) is 0 Å². The Kier molecular flexibility index (Phi) is 8.52. The van der Waals surface area contributed by atoms with Gasteiger partial charge in [-0.05, 0) is 73.1 Å². The van der Waals surface area contributed by atoms with Gasteiger partial charge in [-0.3, -0.25) is 14.4 Å². The number of hydrogen-bond donors (Lipinski definition) is 2. The fourth-order valence-electron chi connectivity index (χ4n) is 6.26. The molecule has 0 spiro atoms. The Morgan fingerprint density at radius 3 is 2.45 bits per heavy atom. The number of hydrogen-bond acceptors (Lipinski definition) is 5.